The zero-order valence-corrected chi connectivity index (χ0v) is 8.41. The Balaban J connectivity index is 1.94. The van der Waals surface area contributed by atoms with Crippen LogP contribution < -0.4 is 0 Å². The lowest BCUT2D eigenvalue weighted by Gasteiger charge is -2.01. The lowest BCUT2D eigenvalue weighted by atomic mass is 10.0. The normalized spacial score (nSPS) is 35.4. The molecule has 0 radical (unpaired) electrons. The molecular weight excluding hydrogens is 172 g/mol. The van der Waals surface area contributed by atoms with Crippen molar-refractivity contribution in [3.8, 4) is 0 Å². The summed E-state index contributed by atoms with van der Waals surface area (Å²) in [5.41, 5.74) is 2.95. The third-order valence-corrected chi connectivity index (χ3v) is 3.26. The highest BCUT2D eigenvalue weighted by molar-refractivity contribution is 5.35. The van der Waals surface area contributed by atoms with Gasteiger partial charge in [0.1, 0.15) is 12.2 Å². The fourth-order valence-electron chi connectivity index (χ4n) is 2.32. The van der Waals surface area contributed by atoms with Crippen LogP contribution in [0.4, 0.5) is 0 Å². The summed E-state index contributed by atoms with van der Waals surface area (Å²) in [6.07, 6.45) is 16.5. The van der Waals surface area contributed by atoms with Crippen molar-refractivity contribution in [2.24, 2.45) is 0 Å². The summed E-state index contributed by atoms with van der Waals surface area (Å²) in [5, 5.41) is 0. The molecule has 1 aliphatic heterocycles. The van der Waals surface area contributed by atoms with Crippen LogP contribution in [0.2, 0.25) is 0 Å². The Labute approximate surface area is 85.1 Å². The van der Waals surface area contributed by atoms with E-state index in [-0.39, 0.29) is 0 Å². The molecule has 3 aliphatic rings. The molecule has 14 heavy (non-hydrogen) atoms. The van der Waals surface area contributed by atoms with E-state index in [0.717, 1.165) is 0 Å². The van der Waals surface area contributed by atoms with Crippen molar-refractivity contribution < 1.29 is 4.74 Å². The monoisotopic (exact) mass is 188 g/mol. The predicted octanol–water partition coefficient (Wildman–Crippen LogP) is 3.14. The van der Waals surface area contributed by atoms with E-state index in [1.54, 1.807) is 0 Å². The molecule has 0 saturated carbocycles. The predicted molar refractivity (Wildman–Crippen MR) is 57.1 cm³/mol. The van der Waals surface area contributed by atoms with Gasteiger partial charge in [0.2, 0.25) is 0 Å². The van der Waals surface area contributed by atoms with Gasteiger partial charge in [0.05, 0.1) is 0 Å². The molecule has 0 unspecified atom stereocenters. The molecule has 0 N–H and O–H groups in total. The van der Waals surface area contributed by atoms with Gasteiger partial charge >= 0.3 is 0 Å². The highest BCUT2D eigenvalue weighted by Crippen LogP contribution is 2.32. The summed E-state index contributed by atoms with van der Waals surface area (Å²) in [5.74, 6) is 0. The fourth-order valence-corrected chi connectivity index (χ4v) is 2.32. The highest BCUT2D eigenvalue weighted by Gasteiger charge is 2.35. The largest absolute Gasteiger partial charge is 0.361 e. The number of allylic oxidation sites excluding steroid dienone is 4. The summed E-state index contributed by atoms with van der Waals surface area (Å²) >= 11 is 0. The zero-order valence-electron chi connectivity index (χ0n) is 8.41. The molecule has 3 rings (SSSR count). The van der Waals surface area contributed by atoms with Crippen LogP contribution in [-0.4, -0.2) is 12.2 Å². The molecule has 74 valence electrons. The number of hydrogen-bond acceptors (Lipinski definition) is 1. The Bertz CT molecular complexity index is 292. The lowest BCUT2D eigenvalue weighted by molar-refractivity contribution is 0.412. The van der Waals surface area contributed by atoms with Gasteiger partial charge in [-0.3, -0.25) is 0 Å². The number of rotatable bonds is 0. The lowest BCUT2D eigenvalue weighted by Crippen LogP contribution is -1.92. The maximum absolute atomic E-state index is 5.58. The van der Waals surface area contributed by atoms with Crippen molar-refractivity contribution in [3.63, 3.8) is 0 Å². The van der Waals surface area contributed by atoms with Gasteiger partial charge in [-0.05, 0) is 49.0 Å². The average Bonchev–Trinajstić information content (AvgIpc) is 2.81. The van der Waals surface area contributed by atoms with Gasteiger partial charge < -0.3 is 4.74 Å². The molecule has 0 amide bonds. The Hall–Kier alpha value is -0.820. The van der Waals surface area contributed by atoms with Gasteiger partial charge in [0, 0.05) is 0 Å². The molecule has 0 aromatic rings. The van der Waals surface area contributed by atoms with Crippen LogP contribution in [0.25, 0.3) is 0 Å². The SMILES string of the molecule is C1=CC2=C[C@H]3O[C@H]3C=C1CCCCC2. The Kier molecular flexibility index (Phi) is 2.06. The number of epoxide rings is 1. The summed E-state index contributed by atoms with van der Waals surface area (Å²) in [6.45, 7) is 0. The van der Waals surface area contributed by atoms with Crippen LogP contribution >= 0.6 is 0 Å². The van der Waals surface area contributed by atoms with E-state index in [1.165, 1.54) is 43.3 Å². The molecule has 2 atom stereocenters. The smallest absolute Gasteiger partial charge is 0.107 e. The second-order valence-corrected chi connectivity index (χ2v) is 4.44. The molecule has 2 bridgehead atoms. The van der Waals surface area contributed by atoms with Gasteiger partial charge in [-0.1, -0.05) is 18.6 Å². The van der Waals surface area contributed by atoms with Crippen molar-refractivity contribution in [1.82, 2.24) is 0 Å². The molecule has 0 aromatic heterocycles. The second kappa shape index (κ2) is 3.39. The van der Waals surface area contributed by atoms with Crippen molar-refractivity contribution in [3.05, 3.63) is 35.5 Å². The van der Waals surface area contributed by atoms with Gasteiger partial charge in [-0.15, -0.1) is 0 Å². The molecule has 2 aliphatic carbocycles. The van der Waals surface area contributed by atoms with Gasteiger partial charge in [-0.25, -0.2) is 0 Å². The molecule has 0 aromatic carbocycles. The topological polar surface area (TPSA) is 12.5 Å². The second-order valence-electron chi connectivity index (χ2n) is 4.44. The first-order chi connectivity index (χ1) is 6.92. The van der Waals surface area contributed by atoms with Crippen LogP contribution in [-0.2, 0) is 4.74 Å². The van der Waals surface area contributed by atoms with Gasteiger partial charge in [0.25, 0.3) is 0 Å². The molecular formula is C13H16O. The number of ether oxygens (including phenoxy) is 1. The number of hydrogen-bond donors (Lipinski definition) is 0. The average molecular weight is 188 g/mol. The van der Waals surface area contributed by atoms with Crippen molar-refractivity contribution in [2.45, 2.75) is 44.3 Å². The third kappa shape index (κ3) is 1.69. The molecule has 1 fully saturated rings. The highest BCUT2D eigenvalue weighted by atomic mass is 16.6. The maximum Gasteiger partial charge on any atom is 0.107 e. The van der Waals surface area contributed by atoms with E-state index in [2.05, 4.69) is 24.3 Å². The van der Waals surface area contributed by atoms with E-state index < -0.39 is 0 Å². The van der Waals surface area contributed by atoms with Crippen molar-refractivity contribution in [1.29, 1.82) is 0 Å². The Morgan fingerprint density at radius 3 is 2.00 bits per heavy atom. The van der Waals surface area contributed by atoms with Crippen LogP contribution in [0.1, 0.15) is 32.1 Å². The molecule has 1 saturated heterocycles. The third-order valence-electron chi connectivity index (χ3n) is 3.26. The minimum Gasteiger partial charge on any atom is -0.361 e. The van der Waals surface area contributed by atoms with E-state index in [4.69, 9.17) is 4.74 Å². The van der Waals surface area contributed by atoms with Crippen LogP contribution in [0.3, 0.4) is 0 Å². The first-order valence-electron chi connectivity index (χ1n) is 5.67. The molecule has 1 heterocycles. The molecule has 0 spiro atoms. The van der Waals surface area contributed by atoms with Crippen molar-refractivity contribution >= 4 is 0 Å². The van der Waals surface area contributed by atoms with E-state index >= 15 is 0 Å². The zero-order chi connectivity index (χ0) is 9.38. The molecule has 1 nitrogen and oxygen atoms in total. The standard InChI is InChI=1S/C13H16O/c1-2-4-10-6-7-11(5-3-1)9-13-12(8-10)14-13/h6-9,12-13H,1-5H2/t12-,13+. The fraction of sp³-hybridized carbons (Fsp3) is 0.538. The van der Waals surface area contributed by atoms with E-state index in [1.807, 2.05) is 0 Å². The minimum atomic E-state index is 0.392. The maximum atomic E-state index is 5.58. The summed E-state index contributed by atoms with van der Waals surface area (Å²) in [7, 11) is 0. The van der Waals surface area contributed by atoms with E-state index in [9.17, 15) is 0 Å². The van der Waals surface area contributed by atoms with E-state index in [0.29, 0.717) is 12.2 Å². The quantitative estimate of drug-likeness (QED) is 0.532. The van der Waals surface area contributed by atoms with Crippen LogP contribution in [0.5, 0.6) is 0 Å². The molecule has 1 heteroatoms. The number of fused-ring (bicyclic) bond motifs is 3. The summed E-state index contributed by atoms with van der Waals surface area (Å²) < 4.78 is 5.58. The van der Waals surface area contributed by atoms with Crippen LogP contribution in [0.15, 0.2) is 35.5 Å². The van der Waals surface area contributed by atoms with Gasteiger partial charge in [0.15, 0.2) is 0 Å². The first kappa shape index (κ1) is 8.49. The van der Waals surface area contributed by atoms with Crippen LogP contribution in [0, 0.1) is 0 Å². The Morgan fingerprint density at radius 1 is 0.857 bits per heavy atom. The summed E-state index contributed by atoms with van der Waals surface area (Å²) in [4.78, 5) is 0. The first-order valence-corrected chi connectivity index (χ1v) is 5.67. The van der Waals surface area contributed by atoms with Gasteiger partial charge in [-0.2, -0.15) is 0 Å². The minimum absolute atomic E-state index is 0.392. The Morgan fingerprint density at radius 2 is 1.43 bits per heavy atom. The van der Waals surface area contributed by atoms with Crippen molar-refractivity contribution in [2.75, 3.05) is 0 Å². The summed E-state index contributed by atoms with van der Waals surface area (Å²) in [6, 6.07) is 0.